The van der Waals surface area contributed by atoms with Crippen molar-refractivity contribution in [2.24, 2.45) is 5.92 Å². The fraction of sp³-hybridized carbons (Fsp3) is 0.310. The molecule has 2 bridgehead atoms. The second-order valence-corrected chi connectivity index (χ2v) is 12.0. The molecule has 6 heteroatoms. The minimum absolute atomic E-state index is 0.0457. The summed E-state index contributed by atoms with van der Waals surface area (Å²) in [6, 6.07) is 23.6. The van der Waals surface area contributed by atoms with Gasteiger partial charge in [-0.05, 0) is 69.3 Å². The van der Waals surface area contributed by atoms with Crippen LogP contribution < -0.4 is 4.74 Å². The smallest absolute Gasteiger partial charge is 0.172 e. The minimum atomic E-state index is -0.760. The first-order chi connectivity index (χ1) is 16.9. The summed E-state index contributed by atoms with van der Waals surface area (Å²) in [5.41, 5.74) is 3.63. The Kier molecular flexibility index (Phi) is 4.71. The summed E-state index contributed by atoms with van der Waals surface area (Å²) in [7, 11) is 2.22. The first kappa shape index (κ1) is 22.1. The fourth-order valence-corrected chi connectivity index (χ4v) is 9.10. The Morgan fingerprint density at radius 1 is 1.00 bits per heavy atom. The highest BCUT2D eigenvalue weighted by Gasteiger charge is 2.71. The number of phenols is 1. The van der Waals surface area contributed by atoms with E-state index in [1.54, 1.807) is 0 Å². The van der Waals surface area contributed by atoms with Crippen LogP contribution in [0.4, 0.5) is 0 Å². The van der Waals surface area contributed by atoms with Gasteiger partial charge >= 0.3 is 0 Å². The molecule has 0 unspecified atom stereocenters. The summed E-state index contributed by atoms with van der Waals surface area (Å²) < 4.78 is 8.16. The van der Waals surface area contributed by atoms with Crippen LogP contribution in [0.25, 0.3) is 0 Å². The summed E-state index contributed by atoms with van der Waals surface area (Å²) >= 11 is 7.57. The predicted octanol–water partition coefficient (Wildman–Crippen LogP) is 5.48. The lowest BCUT2D eigenvalue weighted by atomic mass is 9.44. The number of aliphatic hydroxyl groups excluding tert-OH is 1. The number of phenolic OH excluding ortho intramolecular Hbond substituents is 1. The molecule has 1 saturated heterocycles. The monoisotopic (exact) mass is 593 g/mol. The summed E-state index contributed by atoms with van der Waals surface area (Å²) in [6.45, 7) is 0.866. The number of nitrogens with zero attached hydrogens (tertiary/aromatic N) is 1. The largest absolute Gasteiger partial charge is 0.503 e. The van der Waals surface area contributed by atoms with Crippen LogP contribution in [-0.2, 0) is 10.8 Å². The van der Waals surface area contributed by atoms with Gasteiger partial charge in [0.2, 0.25) is 0 Å². The lowest BCUT2D eigenvalue weighted by Gasteiger charge is -2.64. The molecule has 2 aliphatic heterocycles. The Morgan fingerprint density at radius 2 is 1.63 bits per heavy atom. The minimum Gasteiger partial charge on any atom is -0.503 e. The SMILES string of the molecule is CN1CC[C@]23c4c5cc(Br)c(O)c4O[C@H]2[C@@H](O)C=C(Br)[C@H]3[C@H]1C5(c1ccccc1)c1ccccc1. The van der Waals surface area contributed by atoms with Crippen LogP contribution in [0, 0.1) is 5.92 Å². The summed E-state index contributed by atoms with van der Waals surface area (Å²) in [4.78, 5) is 2.49. The van der Waals surface area contributed by atoms with Crippen molar-refractivity contribution in [2.45, 2.75) is 35.5 Å². The highest BCUT2D eigenvalue weighted by molar-refractivity contribution is 9.11. The maximum Gasteiger partial charge on any atom is 0.172 e. The number of benzene rings is 3. The van der Waals surface area contributed by atoms with Gasteiger partial charge in [-0.3, -0.25) is 0 Å². The van der Waals surface area contributed by atoms with Crippen molar-refractivity contribution in [1.82, 2.24) is 4.90 Å². The fourth-order valence-electron chi connectivity index (χ4n) is 7.76. The van der Waals surface area contributed by atoms with E-state index >= 15 is 0 Å². The number of rotatable bonds is 2. The second-order valence-electron chi connectivity index (χ2n) is 10.3. The number of aromatic hydroxyl groups is 1. The van der Waals surface area contributed by atoms with Gasteiger partial charge < -0.3 is 19.8 Å². The molecule has 3 aromatic rings. The van der Waals surface area contributed by atoms with Gasteiger partial charge in [-0.1, -0.05) is 76.6 Å². The number of halogens is 2. The standard InChI is InChI=1S/C29H25Br2NO3/c1-32-13-12-28-22-18-14-20(31)24(34)25(22)35-27(28)21(33)15-19(30)23(28)26(32)29(18,16-8-4-2-5-9-16)17-10-6-3-7-11-17/h2-11,14-15,21,23,26-27,33-34H,12-13H2,1H3/t21-,23-,26-,27-,28+/m0/s1. The normalized spacial score (nSPS) is 31.9. The van der Waals surface area contributed by atoms with Crippen molar-refractivity contribution in [3.63, 3.8) is 0 Å². The molecule has 35 heavy (non-hydrogen) atoms. The van der Waals surface area contributed by atoms with Crippen molar-refractivity contribution in [1.29, 1.82) is 0 Å². The zero-order valence-corrected chi connectivity index (χ0v) is 22.3. The van der Waals surface area contributed by atoms with E-state index in [1.807, 2.05) is 6.08 Å². The zero-order chi connectivity index (χ0) is 24.1. The first-order valence-electron chi connectivity index (χ1n) is 12.0. The molecule has 5 atom stereocenters. The van der Waals surface area contributed by atoms with Crippen LogP contribution in [0.5, 0.6) is 11.5 Å². The summed E-state index contributed by atoms with van der Waals surface area (Å²) in [5.74, 6) is 0.671. The zero-order valence-electron chi connectivity index (χ0n) is 19.2. The molecule has 4 nitrogen and oxygen atoms in total. The van der Waals surface area contributed by atoms with Gasteiger partial charge in [-0.2, -0.15) is 0 Å². The highest BCUT2D eigenvalue weighted by Crippen LogP contribution is 2.70. The summed E-state index contributed by atoms with van der Waals surface area (Å²) in [6.07, 6.45) is 1.55. The van der Waals surface area contributed by atoms with Crippen LogP contribution >= 0.6 is 31.9 Å². The van der Waals surface area contributed by atoms with Gasteiger partial charge in [0, 0.05) is 22.9 Å². The van der Waals surface area contributed by atoms with Gasteiger partial charge in [-0.25, -0.2) is 0 Å². The average Bonchev–Trinajstić information content (AvgIpc) is 3.22. The van der Waals surface area contributed by atoms with Gasteiger partial charge in [0.25, 0.3) is 0 Å². The molecular formula is C29H25Br2NO3. The van der Waals surface area contributed by atoms with Crippen LogP contribution in [0.15, 0.2) is 81.8 Å². The molecule has 1 fully saturated rings. The Hall–Kier alpha value is -2.12. The molecule has 7 rings (SSSR count). The third-order valence-corrected chi connectivity index (χ3v) is 10.3. The lowest BCUT2D eigenvalue weighted by molar-refractivity contribution is -0.0590. The van der Waals surface area contributed by atoms with E-state index in [2.05, 4.69) is 111 Å². The molecule has 0 radical (unpaired) electrons. The van der Waals surface area contributed by atoms with E-state index in [0.717, 1.165) is 28.6 Å². The molecule has 2 aliphatic carbocycles. The van der Waals surface area contributed by atoms with Crippen molar-refractivity contribution >= 4 is 31.9 Å². The molecule has 0 amide bonds. The number of hydrogen-bond acceptors (Lipinski definition) is 4. The van der Waals surface area contributed by atoms with Crippen molar-refractivity contribution in [2.75, 3.05) is 13.6 Å². The summed E-state index contributed by atoms with van der Waals surface area (Å²) in [5, 5.41) is 22.4. The number of piperidine rings is 1. The van der Waals surface area contributed by atoms with E-state index < -0.39 is 23.0 Å². The first-order valence-corrected chi connectivity index (χ1v) is 13.6. The van der Waals surface area contributed by atoms with Crippen LogP contribution in [0.3, 0.4) is 0 Å². The Morgan fingerprint density at radius 3 is 2.26 bits per heavy atom. The van der Waals surface area contributed by atoms with Crippen LogP contribution in [-0.4, -0.2) is 47.0 Å². The quantitative estimate of drug-likeness (QED) is 0.413. The van der Waals surface area contributed by atoms with Gasteiger partial charge in [0.1, 0.15) is 12.2 Å². The van der Waals surface area contributed by atoms with Crippen LogP contribution in [0.2, 0.25) is 0 Å². The molecule has 178 valence electrons. The van der Waals surface area contributed by atoms with Crippen molar-refractivity contribution in [3.05, 3.63) is 104 Å². The van der Waals surface area contributed by atoms with Gasteiger partial charge in [-0.15, -0.1) is 0 Å². The Bertz CT molecular complexity index is 1340. The Labute approximate surface area is 221 Å². The molecule has 2 heterocycles. The van der Waals surface area contributed by atoms with Gasteiger partial charge in [0.15, 0.2) is 11.5 Å². The number of ether oxygens (including phenoxy) is 1. The van der Waals surface area contributed by atoms with E-state index in [1.165, 1.54) is 11.1 Å². The number of aliphatic hydroxyl groups is 1. The predicted molar refractivity (Wildman–Crippen MR) is 142 cm³/mol. The third-order valence-electron chi connectivity index (χ3n) is 8.91. The lowest BCUT2D eigenvalue weighted by Crippen LogP contribution is -2.71. The molecule has 4 aliphatic rings. The number of likely N-dealkylation sites (N-methyl/N-ethyl adjacent to an activating group) is 1. The molecule has 3 aromatic carbocycles. The molecular weight excluding hydrogens is 570 g/mol. The van der Waals surface area contributed by atoms with Crippen molar-refractivity contribution in [3.8, 4) is 11.5 Å². The Balaban J connectivity index is 1.72. The molecule has 2 N–H and O–H groups in total. The highest BCUT2D eigenvalue weighted by atomic mass is 79.9. The number of hydrogen-bond donors (Lipinski definition) is 2. The second kappa shape index (κ2) is 7.45. The third kappa shape index (κ3) is 2.54. The van der Waals surface area contributed by atoms with Crippen LogP contribution in [0.1, 0.15) is 28.7 Å². The van der Waals surface area contributed by atoms with Crippen molar-refractivity contribution < 1.29 is 14.9 Å². The molecule has 0 aromatic heterocycles. The maximum atomic E-state index is 11.2. The van der Waals surface area contributed by atoms with E-state index in [-0.39, 0.29) is 17.7 Å². The van der Waals surface area contributed by atoms with E-state index in [4.69, 9.17) is 4.74 Å². The molecule has 0 saturated carbocycles. The average molecular weight is 595 g/mol. The number of likely N-dealkylation sites (tertiary alicyclic amines) is 1. The van der Waals surface area contributed by atoms with E-state index in [0.29, 0.717) is 10.2 Å². The molecule has 1 spiro atoms. The maximum absolute atomic E-state index is 11.2. The topological polar surface area (TPSA) is 52.9 Å². The van der Waals surface area contributed by atoms with Gasteiger partial charge in [0.05, 0.1) is 9.89 Å². The van der Waals surface area contributed by atoms with E-state index in [9.17, 15) is 10.2 Å².